The number of hydrogen-bond acceptors (Lipinski definition) is 6. The van der Waals surface area contributed by atoms with Gasteiger partial charge in [-0.05, 0) is 39.3 Å². The lowest BCUT2D eigenvalue weighted by atomic mass is 10.1. The number of allylic oxidation sites excluding steroid dienone is 3. The van der Waals surface area contributed by atoms with E-state index in [0.29, 0.717) is 43.5 Å². The van der Waals surface area contributed by atoms with Gasteiger partial charge in [-0.15, -0.1) is 0 Å². The standard InChI is InChI=1S/C23H32N4O4/c1-7-17(5)22(28)27-19(8-2)21(24-6)23(29)26-11-12-30-13-14-31-20-15-18(16(3)4)9-10-25-20/h7-10,15H,3,11-14H2,1-2,4-6H3,(H,26,29)(H,27,28)/b17-7+,19-8+,24-21+. The van der Waals surface area contributed by atoms with E-state index in [1.54, 1.807) is 39.1 Å². The molecule has 0 saturated carbocycles. The Hall–Kier alpha value is -3.26. The summed E-state index contributed by atoms with van der Waals surface area (Å²) in [6, 6.07) is 3.69. The Bertz CT molecular complexity index is 872. The normalized spacial score (nSPS) is 12.4. The predicted molar refractivity (Wildman–Crippen MR) is 123 cm³/mol. The number of nitrogens with zero attached hydrogens (tertiary/aromatic N) is 2. The van der Waals surface area contributed by atoms with Crippen molar-refractivity contribution in [3.05, 3.63) is 53.9 Å². The molecule has 2 N–H and O–H groups in total. The lowest BCUT2D eigenvalue weighted by molar-refractivity contribution is -0.116. The van der Waals surface area contributed by atoms with Crippen LogP contribution in [-0.2, 0) is 14.3 Å². The molecular formula is C23H32N4O4. The third-order valence-electron chi connectivity index (χ3n) is 4.26. The first-order chi connectivity index (χ1) is 14.8. The first kappa shape index (κ1) is 25.8. The zero-order valence-corrected chi connectivity index (χ0v) is 18.9. The summed E-state index contributed by atoms with van der Waals surface area (Å²) in [6.45, 7) is 12.3. The maximum Gasteiger partial charge on any atom is 0.271 e. The molecule has 2 amide bonds. The van der Waals surface area contributed by atoms with E-state index in [1.807, 2.05) is 19.1 Å². The summed E-state index contributed by atoms with van der Waals surface area (Å²) >= 11 is 0. The molecule has 8 nitrogen and oxygen atoms in total. The van der Waals surface area contributed by atoms with Gasteiger partial charge in [0.2, 0.25) is 5.88 Å². The van der Waals surface area contributed by atoms with Crippen LogP contribution in [0.25, 0.3) is 5.57 Å². The van der Waals surface area contributed by atoms with Crippen LogP contribution in [0.3, 0.4) is 0 Å². The van der Waals surface area contributed by atoms with Crippen molar-refractivity contribution in [3.63, 3.8) is 0 Å². The molecule has 31 heavy (non-hydrogen) atoms. The van der Waals surface area contributed by atoms with Crippen molar-refractivity contribution in [2.24, 2.45) is 4.99 Å². The van der Waals surface area contributed by atoms with Gasteiger partial charge in [0.15, 0.2) is 0 Å². The highest BCUT2D eigenvalue weighted by atomic mass is 16.5. The van der Waals surface area contributed by atoms with E-state index < -0.39 is 5.91 Å². The molecule has 0 saturated heterocycles. The van der Waals surface area contributed by atoms with Gasteiger partial charge < -0.3 is 20.1 Å². The third kappa shape index (κ3) is 8.96. The second-order valence-electron chi connectivity index (χ2n) is 6.58. The predicted octanol–water partition coefficient (Wildman–Crippen LogP) is 2.68. The maximum absolute atomic E-state index is 12.4. The minimum absolute atomic E-state index is 0.145. The van der Waals surface area contributed by atoms with E-state index in [0.717, 1.165) is 11.1 Å². The molecule has 0 aromatic carbocycles. The maximum atomic E-state index is 12.4. The number of aliphatic imine (C=N–C) groups is 1. The van der Waals surface area contributed by atoms with Crippen LogP contribution in [0.15, 0.2) is 53.3 Å². The Morgan fingerprint density at radius 2 is 1.90 bits per heavy atom. The van der Waals surface area contributed by atoms with Crippen molar-refractivity contribution in [1.82, 2.24) is 15.6 Å². The van der Waals surface area contributed by atoms with E-state index in [9.17, 15) is 9.59 Å². The van der Waals surface area contributed by atoms with Crippen molar-refractivity contribution >= 4 is 23.1 Å². The minimum Gasteiger partial charge on any atom is -0.475 e. The van der Waals surface area contributed by atoms with Crippen molar-refractivity contribution in [2.45, 2.75) is 27.7 Å². The zero-order valence-electron chi connectivity index (χ0n) is 18.9. The monoisotopic (exact) mass is 428 g/mol. The van der Waals surface area contributed by atoms with Gasteiger partial charge in [-0.25, -0.2) is 4.98 Å². The molecule has 1 heterocycles. The first-order valence-corrected chi connectivity index (χ1v) is 10.0. The fourth-order valence-corrected chi connectivity index (χ4v) is 2.35. The molecule has 0 aliphatic rings. The van der Waals surface area contributed by atoms with Crippen molar-refractivity contribution < 1.29 is 19.1 Å². The fraction of sp³-hybridized carbons (Fsp3) is 0.391. The van der Waals surface area contributed by atoms with Crippen LogP contribution in [0, 0.1) is 0 Å². The van der Waals surface area contributed by atoms with Gasteiger partial charge in [-0.2, -0.15) is 0 Å². The number of amides is 2. The summed E-state index contributed by atoms with van der Waals surface area (Å²) in [7, 11) is 1.50. The van der Waals surface area contributed by atoms with Gasteiger partial charge in [-0.3, -0.25) is 14.6 Å². The Labute approximate surface area is 184 Å². The Kier molecular flexibility index (Phi) is 11.5. The van der Waals surface area contributed by atoms with Crippen LogP contribution >= 0.6 is 0 Å². The topological polar surface area (TPSA) is 102 Å². The third-order valence-corrected chi connectivity index (χ3v) is 4.26. The molecule has 1 aromatic rings. The van der Waals surface area contributed by atoms with Gasteiger partial charge in [0.25, 0.3) is 11.8 Å². The van der Waals surface area contributed by atoms with Crippen molar-refractivity contribution in [1.29, 1.82) is 0 Å². The van der Waals surface area contributed by atoms with Crippen LogP contribution in [0.2, 0.25) is 0 Å². The van der Waals surface area contributed by atoms with E-state index in [-0.39, 0.29) is 11.6 Å². The molecule has 168 valence electrons. The highest BCUT2D eigenvalue weighted by Crippen LogP contribution is 2.15. The van der Waals surface area contributed by atoms with E-state index in [1.165, 1.54) is 7.05 Å². The summed E-state index contributed by atoms with van der Waals surface area (Å²) in [4.78, 5) is 32.6. The smallest absolute Gasteiger partial charge is 0.271 e. The van der Waals surface area contributed by atoms with Crippen LogP contribution in [0.1, 0.15) is 33.3 Å². The second kappa shape index (κ2) is 13.9. The minimum atomic E-state index is -0.394. The SMILES string of the molecule is C=C(C)c1ccnc(OCCOCCNC(=O)C(=N/C)/C(=C\C)NC(=O)/C(C)=C/C)c1. The first-order valence-electron chi connectivity index (χ1n) is 10.0. The Morgan fingerprint density at radius 1 is 1.16 bits per heavy atom. The summed E-state index contributed by atoms with van der Waals surface area (Å²) in [6.07, 6.45) is 5.00. The average Bonchev–Trinajstić information content (AvgIpc) is 2.77. The molecule has 0 atom stereocenters. The molecule has 1 aromatic heterocycles. The lowest BCUT2D eigenvalue weighted by Gasteiger charge is -2.13. The lowest BCUT2D eigenvalue weighted by Crippen LogP contribution is -2.39. The van der Waals surface area contributed by atoms with Crippen LogP contribution < -0.4 is 15.4 Å². The largest absolute Gasteiger partial charge is 0.475 e. The summed E-state index contributed by atoms with van der Waals surface area (Å²) in [5, 5.41) is 5.43. The van der Waals surface area contributed by atoms with Gasteiger partial charge >= 0.3 is 0 Å². The van der Waals surface area contributed by atoms with E-state index >= 15 is 0 Å². The number of hydrogen-bond donors (Lipinski definition) is 2. The summed E-state index contributed by atoms with van der Waals surface area (Å²) in [5.74, 6) is -0.166. The molecule has 0 unspecified atom stereocenters. The Morgan fingerprint density at radius 3 is 2.52 bits per heavy atom. The summed E-state index contributed by atoms with van der Waals surface area (Å²) < 4.78 is 11.0. The highest BCUT2D eigenvalue weighted by Gasteiger charge is 2.17. The molecular weight excluding hydrogens is 396 g/mol. The van der Waals surface area contributed by atoms with Gasteiger partial charge in [0.1, 0.15) is 12.3 Å². The number of rotatable bonds is 12. The van der Waals surface area contributed by atoms with E-state index in [2.05, 4.69) is 27.2 Å². The number of carbonyl (C=O) groups excluding carboxylic acids is 2. The molecule has 8 heteroatoms. The molecule has 1 rings (SSSR count). The van der Waals surface area contributed by atoms with Crippen molar-refractivity contribution in [2.75, 3.05) is 33.4 Å². The zero-order chi connectivity index (χ0) is 23.2. The molecule has 0 aliphatic heterocycles. The van der Waals surface area contributed by atoms with Crippen molar-refractivity contribution in [3.8, 4) is 5.88 Å². The summed E-state index contributed by atoms with van der Waals surface area (Å²) in [5.41, 5.74) is 2.95. The number of carbonyl (C=O) groups is 2. The van der Waals surface area contributed by atoms with Crippen LogP contribution in [0.5, 0.6) is 5.88 Å². The van der Waals surface area contributed by atoms with Gasteiger partial charge in [0.05, 0.1) is 18.9 Å². The number of nitrogens with one attached hydrogen (secondary N) is 2. The Balaban J connectivity index is 2.37. The molecule has 0 aliphatic carbocycles. The molecule has 0 spiro atoms. The van der Waals surface area contributed by atoms with Crippen LogP contribution in [0.4, 0.5) is 0 Å². The van der Waals surface area contributed by atoms with Crippen LogP contribution in [-0.4, -0.2) is 55.9 Å². The fourth-order valence-electron chi connectivity index (χ4n) is 2.35. The molecule has 0 bridgehead atoms. The molecule has 0 radical (unpaired) electrons. The highest BCUT2D eigenvalue weighted by molar-refractivity contribution is 6.45. The number of ether oxygens (including phenoxy) is 2. The molecule has 0 fully saturated rings. The van der Waals surface area contributed by atoms with Gasteiger partial charge in [0, 0.05) is 31.4 Å². The number of aromatic nitrogens is 1. The number of pyridine rings is 1. The van der Waals surface area contributed by atoms with E-state index in [4.69, 9.17) is 9.47 Å². The second-order valence-corrected chi connectivity index (χ2v) is 6.58. The quantitative estimate of drug-likeness (QED) is 0.303. The average molecular weight is 429 g/mol. The van der Waals surface area contributed by atoms with Gasteiger partial charge in [-0.1, -0.05) is 24.3 Å².